The van der Waals surface area contributed by atoms with Gasteiger partial charge >= 0.3 is 0 Å². The highest BCUT2D eigenvalue weighted by Gasteiger charge is 2.09. The fraction of sp³-hybridized carbons (Fsp3) is 0.250. The minimum absolute atomic E-state index is 0.0410. The van der Waals surface area contributed by atoms with Crippen LogP contribution in [0.15, 0.2) is 48.1 Å². The Morgan fingerprint density at radius 2 is 2.22 bits per heavy atom. The zero-order valence-electron chi connectivity index (χ0n) is 14.9. The Morgan fingerprint density at radius 3 is 3.00 bits per heavy atom. The lowest BCUT2D eigenvalue weighted by Gasteiger charge is -2.09. The molecule has 0 unspecified atom stereocenters. The van der Waals surface area contributed by atoms with Gasteiger partial charge in [-0.25, -0.2) is 4.98 Å². The SMILES string of the molecule is Cc1cc(Cl)ccc1OCCCNC(=O)Cc1csc(-c2cccnc2)n1. The van der Waals surface area contributed by atoms with Crippen molar-refractivity contribution < 1.29 is 9.53 Å². The summed E-state index contributed by atoms with van der Waals surface area (Å²) in [5.41, 5.74) is 2.73. The molecule has 27 heavy (non-hydrogen) atoms. The largest absolute Gasteiger partial charge is 0.493 e. The number of benzene rings is 1. The van der Waals surface area contributed by atoms with Gasteiger partial charge in [0.05, 0.1) is 18.7 Å². The van der Waals surface area contributed by atoms with Gasteiger partial charge in [0.2, 0.25) is 5.91 Å². The van der Waals surface area contributed by atoms with Gasteiger partial charge in [0.1, 0.15) is 10.8 Å². The Morgan fingerprint density at radius 1 is 1.33 bits per heavy atom. The maximum absolute atomic E-state index is 12.1. The number of rotatable bonds is 8. The molecule has 7 heteroatoms. The van der Waals surface area contributed by atoms with E-state index in [9.17, 15) is 4.79 Å². The molecule has 2 heterocycles. The summed E-state index contributed by atoms with van der Waals surface area (Å²) in [6.45, 7) is 3.05. The fourth-order valence-electron chi connectivity index (χ4n) is 2.49. The summed E-state index contributed by atoms with van der Waals surface area (Å²) in [5.74, 6) is 0.775. The summed E-state index contributed by atoms with van der Waals surface area (Å²) in [4.78, 5) is 20.7. The zero-order chi connectivity index (χ0) is 19.1. The van der Waals surface area contributed by atoms with E-state index in [1.807, 2.05) is 36.6 Å². The number of thiazole rings is 1. The van der Waals surface area contributed by atoms with E-state index in [1.165, 1.54) is 11.3 Å². The molecule has 0 spiro atoms. The van der Waals surface area contributed by atoms with E-state index in [0.29, 0.717) is 18.2 Å². The van der Waals surface area contributed by atoms with Crippen molar-refractivity contribution in [1.29, 1.82) is 0 Å². The number of aryl methyl sites for hydroxylation is 1. The van der Waals surface area contributed by atoms with Gasteiger partial charge in [0, 0.05) is 34.9 Å². The second-order valence-corrected chi connectivity index (χ2v) is 7.32. The first-order valence-electron chi connectivity index (χ1n) is 8.62. The van der Waals surface area contributed by atoms with Crippen molar-refractivity contribution in [2.75, 3.05) is 13.2 Å². The molecule has 0 aliphatic heterocycles. The maximum Gasteiger partial charge on any atom is 0.226 e. The fourth-order valence-corrected chi connectivity index (χ4v) is 3.53. The number of nitrogens with one attached hydrogen (secondary N) is 1. The molecular weight excluding hydrogens is 382 g/mol. The van der Waals surface area contributed by atoms with Crippen LogP contribution in [0.25, 0.3) is 10.6 Å². The van der Waals surface area contributed by atoms with E-state index in [-0.39, 0.29) is 12.3 Å². The molecule has 0 aliphatic rings. The quantitative estimate of drug-likeness (QED) is 0.572. The molecule has 0 radical (unpaired) electrons. The van der Waals surface area contributed by atoms with E-state index < -0.39 is 0 Å². The van der Waals surface area contributed by atoms with Crippen molar-refractivity contribution in [2.45, 2.75) is 19.8 Å². The molecule has 0 bridgehead atoms. The molecule has 0 fully saturated rings. The van der Waals surface area contributed by atoms with Gasteiger partial charge in [0.25, 0.3) is 0 Å². The van der Waals surface area contributed by atoms with Crippen LogP contribution in [0.3, 0.4) is 0 Å². The lowest BCUT2D eigenvalue weighted by Crippen LogP contribution is -2.27. The summed E-state index contributed by atoms with van der Waals surface area (Å²) in [6, 6.07) is 9.36. The van der Waals surface area contributed by atoms with Crippen LogP contribution in [0.1, 0.15) is 17.7 Å². The number of carbonyl (C=O) groups excluding carboxylic acids is 1. The molecular formula is C20H20ClN3O2S. The topological polar surface area (TPSA) is 64.1 Å². The maximum atomic E-state index is 12.1. The van der Waals surface area contributed by atoms with Crippen LogP contribution in [0.4, 0.5) is 0 Å². The average molecular weight is 402 g/mol. The number of pyridine rings is 1. The average Bonchev–Trinajstić information content (AvgIpc) is 3.12. The molecule has 1 aromatic carbocycles. The van der Waals surface area contributed by atoms with Crippen molar-refractivity contribution in [1.82, 2.24) is 15.3 Å². The van der Waals surface area contributed by atoms with E-state index in [4.69, 9.17) is 16.3 Å². The van der Waals surface area contributed by atoms with Crippen LogP contribution in [-0.4, -0.2) is 29.0 Å². The Labute approximate surface area is 167 Å². The van der Waals surface area contributed by atoms with Gasteiger partial charge in [-0.05, 0) is 49.2 Å². The summed E-state index contributed by atoms with van der Waals surface area (Å²) >= 11 is 7.44. The lowest BCUT2D eigenvalue weighted by atomic mass is 10.2. The Bertz CT molecular complexity index is 899. The number of nitrogens with zero attached hydrogens (tertiary/aromatic N) is 2. The number of hydrogen-bond donors (Lipinski definition) is 1. The highest BCUT2D eigenvalue weighted by molar-refractivity contribution is 7.13. The molecule has 0 saturated carbocycles. The van der Waals surface area contributed by atoms with Crippen LogP contribution in [0.2, 0.25) is 5.02 Å². The van der Waals surface area contributed by atoms with Crippen molar-refractivity contribution >= 4 is 28.8 Å². The molecule has 2 aromatic heterocycles. The molecule has 1 N–H and O–H groups in total. The van der Waals surface area contributed by atoms with E-state index in [1.54, 1.807) is 18.5 Å². The molecule has 3 rings (SSSR count). The molecule has 5 nitrogen and oxygen atoms in total. The van der Waals surface area contributed by atoms with Crippen molar-refractivity contribution in [3.05, 3.63) is 64.4 Å². The molecule has 140 valence electrons. The predicted molar refractivity (Wildman–Crippen MR) is 108 cm³/mol. The number of halogens is 1. The van der Waals surface area contributed by atoms with Crippen molar-refractivity contribution in [3.8, 4) is 16.3 Å². The third-order valence-corrected chi connectivity index (χ3v) is 5.02. The van der Waals surface area contributed by atoms with E-state index in [0.717, 1.165) is 34.0 Å². The summed E-state index contributed by atoms with van der Waals surface area (Å²) in [6.07, 6.45) is 4.49. The van der Waals surface area contributed by atoms with Crippen LogP contribution in [0, 0.1) is 6.92 Å². The number of aromatic nitrogens is 2. The highest BCUT2D eigenvalue weighted by atomic mass is 35.5. The minimum atomic E-state index is -0.0410. The van der Waals surface area contributed by atoms with Gasteiger partial charge in [-0.2, -0.15) is 0 Å². The van der Waals surface area contributed by atoms with Crippen LogP contribution in [-0.2, 0) is 11.2 Å². The van der Waals surface area contributed by atoms with Crippen LogP contribution in [0.5, 0.6) is 5.75 Å². The molecule has 0 atom stereocenters. The standard InChI is InChI=1S/C20H20ClN3O2S/c1-14-10-16(21)5-6-18(14)26-9-3-8-23-19(25)11-17-13-27-20(24-17)15-4-2-7-22-12-15/h2,4-7,10,12-13H,3,8-9,11H2,1H3,(H,23,25). The second-order valence-electron chi connectivity index (χ2n) is 6.02. The lowest BCUT2D eigenvalue weighted by molar-refractivity contribution is -0.120. The van der Waals surface area contributed by atoms with Crippen LogP contribution >= 0.6 is 22.9 Å². The smallest absolute Gasteiger partial charge is 0.226 e. The zero-order valence-corrected chi connectivity index (χ0v) is 16.5. The Hall–Kier alpha value is -2.44. The first-order valence-corrected chi connectivity index (χ1v) is 9.88. The van der Waals surface area contributed by atoms with Gasteiger partial charge in [-0.15, -0.1) is 11.3 Å². The first-order chi connectivity index (χ1) is 13.1. The monoisotopic (exact) mass is 401 g/mol. The Balaban J connectivity index is 1.38. The Kier molecular flexibility index (Phi) is 6.79. The number of ether oxygens (including phenoxy) is 1. The third-order valence-electron chi connectivity index (χ3n) is 3.84. The van der Waals surface area contributed by atoms with Gasteiger partial charge in [-0.3, -0.25) is 9.78 Å². The van der Waals surface area contributed by atoms with Gasteiger partial charge < -0.3 is 10.1 Å². The van der Waals surface area contributed by atoms with Crippen molar-refractivity contribution in [3.63, 3.8) is 0 Å². The van der Waals surface area contributed by atoms with Crippen LogP contribution < -0.4 is 10.1 Å². The second kappa shape index (κ2) is 9.48. The molecule has 1 amide bonds. The normalized spacial score (nSPS) is 10.6. The summed E-state index contributed by atoms with van der Waals surface area (Å²) in [7, 11) is 0. The van der Waals surface area contributed by atoms with E-state index in [2.05, 4.69) is 15.3 Å². The molecule has 0 saturated heterocycles. The minimum Gasteiger partial charge on any atom is -0.493 e. The van der Waals surface area contributed by atoms with E-state index >= 15 is 0 Å². The number of carbonyl (C=O) groups is 1. The van der Waals surface area contributed by atoms with Crippen molar-refractivity contribution in [2.24, 2.45) is 0 Å². The predicted octanol–water partition coefficient (Wildman–Crippen LogP) is 4.29. The third kappa shape index (κ3) is 5.77. The molecule has 3 aromatic rings. The highest BCUT2D eigenvalue weighted by Crippen LogP contribution is 2.23. The first kappa shape index (κ1) is 19.3. The summed E-state index contributed by atoms with van der Waals surface area (Å²) < 4.78 is 5.72. The van der Waals surface area contributed by atoms with Gasteiger partial charge in [0.15, 0.2) is 0 Å². The number of hydrogen-bond acceptors (Lipinski definition) is 5. The number of amides is 1. The summed E-state index contributed by atoms with van der Waals surface area (Å²) in [5, 5.41) is 6.38. The van der Waals surface area contributed by atoms with Gasteiger partial charge in [-0.1, -0.05) is 11.6 Å². The molecule has 0 aliphatic carbocycles.